The van der Waals surface area contributed by atoms with E-state index >= 15 is 0 Å². The SMILES string of the molecule is C=C(C)[C@@H](CC1=C2CC[C@]3(C)C(=O)CCC3C2CCC1=O)C(C)=O. The maximum absolute atomic E-state index is 12.6. The molecule has 0 heterocycles. The molecule has 130 valence electrons. The van der Waals surface area contributed by atoms with Gasteiger partial charge in [-0.25, -0.2) is 0 Å². The second-order valence-corrected chi connectivity index (χ2v) is 8.27. The first-order chi connectivity index (χ1) is 11.3. The summed E-state index contributed by atoms with van der Waals surface area (Å²) in [5.74, 6) is 1.20. The van der Waals surface area contributed by atoms with Gasteiger partial charge in [0.2, 0.25) is 0 Å². The molecule has 2 fully saturated rings. The smallest absolute Gasteiger partial charge is 0.158 e. The first kappa shape index (κ1) is 17.3. The summed E-state index contributed by atoms with van der Waals surface area (Å²) in [5.41, 5.74) is 2.79. The van der Waals surface area contributed by atoms with Crippen LogP contribution in [0.2, 0.25) is 0 Å². The largest absolute Gasteiger partial charge is 0.299 e. The maximum Gasteiger partial charge on any atom is 0.158 e. The van der Waals surface area contributed by atoms with Crippen molar-refractivity contribution in [1.29, 1.82) is 0 Å². The number of Topliss-reactive ketones (excluding diaryl/α,β-unsaturated/α-hetero) is 3. The molecular weight excluding hydrogens is 300 g/mol. The molecule has 0 spiro atoms. The molecule has 3 nitrogen and oxygen atoms in total. The Kier molecular flexibility index (Phi) is 4.39. The van der Waals surface area contributed by atoms with Crippen molar-refractivity contribution < 1.29 is 14.4 Å². The maximum atomic E-state index is 12.6. The molecule has 3 aliphatic carbocycles. The molecule has 3 rings (SSSR count). The Balaban J connectivity index is 1.96. The van der Waals surface area contributed by atoms with Crippen LogP contribution in [0.1, 0.15) is 65.7 Å². The van der Waals surface area contributed by atoms with Crippen molar-refractivity contribution in [2.75, 3.05) is 0 Å². The fraction of sp³-hybridized carbons (Fsp3) is 0.667. The van der Waals surface area contributed by atoms with E-state index in [-0.39, 0.29) is 22.9 Å². The molecule has 0 aliphatic heterocycles. The number of ketones is 3. The van der Waals surface area contributed by atoms with E-state index in [9.17, 15) is 14.4 Å². The Morgan fingerprint density at radius 2 is 1.92 bits per heavy atom. The van der Waals surface area contributed by atoms with Gasteiger partial charge in [-0.3, -0.25) is 14.4 Å². The Morgan fingerprint density at radius 3 is 2.54 bits per heavy atom. The highest BCUT2D eigenvalue weighted by atomic mass is 16.1. The van der Waals surface area contributed by atoms with E-state index in [1.807, 2.05) is 6.92 Å². The number of allylic oxidation sites excluding steroid dienone is 3. The van der Waals surface area contributed by atoms with Crippen LogP contribution < -0.4 is 0 Å². The van der Waals surface area contributed by atoms with Gasteiger partial charge in [0.25, 0.3) is 0 Å². The summed E-state index contributed by atoms with van der Waals surface area (Å²) in [4.78, 5) is 36.9. The third-order valence-corrected chi connectivity index (χ3v) is 6.89. The van der Waals surface area contributed by atoms with E-state index in [1.165, 1.54) is 5.57 Å². The van der Waals surface area contributed by atoms with Crippen molar-refractivity contribution >= 4 is 17.3 Å². The van der Waals surface area contributed by atoms with Crippen molar-refractivity contribution in [2.45, 2.75) is 65.7 Å². The zero-order valence-electron chi connectivity index (χ0n) is 15.1. The summed E-state index contributed by atoms with van der Waals surface area (Å²) in [6.07, 6.45) is 5.29. The second-order valence-electron chi connectivity index (χ2n) is 8.27. The minimum atomic E-state index is -0.256. The first-order valence-corrected chi connectivity index (χ1v) is 9.20. The van der Waals surface area contributed by atoms with Crippen LogP contribution in [0.15, 0.2) is 23.3 Å². The molecule has 2 unspecified atom stereocenters. The van der Waals surface area contributed by atoms with Crippen LogP contribution in [0.3, 0.4) is 0 Å². The highest BCUT2D eigenvalue weighted by molar-refractivity contribution is 5.98. The highest BCUT2D eigenvalue weighted by Crippen LogP contribution is 2.57. The molecule has 0 radical (unpaired) electrons. The quantitative estimate of drug-likeness (QED) is 0.726. The zero-order chi connectivity index (χ0) is 17.6. The summed E-state index contributed by atoms with van der Waals surface area (Å²) < 4.78 is 0. The third-order valence-electron chi connectivity index (χ3n) is 6.89. The molecular formula is C21H28O3. The van der Waals surface area contributed by atoms with Crippen LogP contribution in [-0.2, 0) is 14.4 Å². The topological polar surface area (TPSA) is 51.2 Å². The van der Waals surface area contributed by atoms with Crippen LogP contribution in [0.25, 0.3) is 0 Å². The van der Waals surface area contributed by atoms with Gasteiger partial charge in [0, 0.05) is 24.2 Å². The van der Waals surface area contributed by atoms with Gasteiger partial charge in [-0.1, -0.05) is 24.6 Å². The van der Waals surface area contributed by atoms with E-state index in [2.05, 4.69) is 13.5 Å². The number of carbonyl (C=O) groups excluding carboxylic acids is 3. The lowest BCUT2D eigenvalue weighted by Gasteiger charge is -2.45. The van der Waals surface area contributed by atoms with E-state index in [0.717, 1.165) is 36.8 Å². The number of hydrogen-bond acceptors (Lipinski definition) is 3. The van der Waals surface area contributed by atoms with Gasteiger partial charge in [0.15, 0.2) is 5.78 Å². The number of carbonyl (C=O) groups is 3. The molecule has 0 aromatic carbocycles. The third kappa shape index (κ3) is 2.62. The molecule has 2 saturated carbocycles. The predicted molar refractivity (Wildman–Crippen MR) is 93.4 cm³/mol. The Morgan fingerprint density at radius 1 is 1.21 bits per heavy atom. The summed E-state index contributed by atoms with van der Waals surface area (Å²) in [6.45, 7) is 9.53. The monoisotopic (exact) mass is 328 g/mol. The van der Waals surface area contributed by atoms with Gasteiger partial charge in [-0.15, -0.1) is 0 Å². The normalized spacial score (nSPS) is 34.0. The van der Waals surface area contributed by atoms with Crippen molar-refractivity contribution in [3.05, 3.63) is 23.3 Å². The number of hydrogen-bond donors (Lipinski definition) is 0. The van der Waals surface area contributed by atoms with Gasteiger partial charge >= 0.3 is 0 Å². The molecule has 0 N–H and O–H groups in total. The van der Waals surface area contributed by atoms with E-state index in [4.69, 9.17) is 0 Å². The Bertz CT molecular complexity index is 640. The summed E-state index contributed by atoms with van der Waals surface area (Å²) in [5, 5.41) is 0. The average molecular weight is 328 g/mol. The van der Waals surface area contributed by atoms with Crippen molar-refractivity contribution in [3.8, 4) is 0 Å². The van der Waals surface area contributed by atoms with Gasteiger partial charge < -0.3 is 0 Å². The van der Waals surface area contributed by atoms with Gasteiger partial charge in [-0.05, 0) is 63.4 Å². The van der Waals surface area contributed by atoms with Crippen molar-refractivity contribution in [2.24, 2.45) is 23.2 Å². The Labute approximate surface area is 144 Å². The minimum Gasteiger partial charge on any atom is -0.299 e. The van der Waals surface area contributed by atoms with E-state index in [0.29, 0.717) is 36.9 Å². The van der Waals surface area contributed by atoms with Crippen LogP contribution in [0.5, 0.6) is 0 Å². The van der Waals surface area contributed by atoms with Crippen LogP contribution in [-0.4, -0.2) is 17.3 Å². The fourth-order valence-corrected chi connectivity index (χ4v) is 5.37. The first-order valence-electron chi connectivity index (χ1n) is 9.20. The fourth-order valence-electron chi connectivity index (χ4n) is 5.37. The molecule has 4 atom stereocenters. The lowest BCUT2D eigenvalue weighted by molar-refractivity contribution is -0.128. The Hall–Kier alpha value is -1.51. The standard InChI is InChI=1S/C21H28O3/c1-12(2)16(13(3)22)11-17-14-9-10-21(4)18(6-8-20(21)24)15(14)5-7-19(17)23/h15-16,18H,1,5-11H2,2-4H3/t15?,16-,18?,21+/m1/s1. The molecule has 0 amide bonds. The summed E-state index contributed by atoms with van der Waals surface area (Å²) in [7, 11) is 0. The van der Waals surface area contributed by atoms with Crippen molar-refractivity contribution in [3.63, 3.8) is 0 Å². The second kappa shape index (κ2) is 6.09. The molecule has 0 bridgehead atoms. The molecule has 24 heavy (non-hydrogen) atoms. The average Bonchev–Trinajstić information content (AvgIpc) is 2.81. The summed E-state index contributed by atoms with van der Waals surface area (Å²) in [6, 6.07) is 0. The van der Waals surface area contributed by atoms with Gasteiger partial charge in [-0.2, -0.15) is 0 Å². The van der Waals surface area contributed by atoms with Crippen LogP contribution >= 0.6 is 0 Å². The van der Waals surface area contributed by atoms with Gasteiger partial charge in [0.1, 0.15) is 11.6 Å². The minimum absolute atomic E-state index is 0.0854. The zero-order valence-corrected chi connectivity index (χ0v) is 15.1. The van der Waals surface area contributed by atoms with E-state index in [1.54, 1.807) is 6.92 Å². The molecule has 0 aromatic heterocycles. The summed E-state index contributed by atoms with van der Waals surface area (Å²) >= 11 is 0. The lowest BCUT2D eigenvalue weighted by Crippen LogP contribution is -2.41. The molecule has 3 aliphatic rings. The molecule has 3 heteroatoms. The van der Waals surface area contributed by atoms with Crippen LogP contribution in [0.4, 0.5) is 0 Å². The molecule has 0 saturated heterocycles. The van der Waals surface area contributed by atoms with E-state index < -0.39 is 0 Å². The van der Waals surface area contributed by atoms with Crippen LogP contribution in [0, 0.1) is 23.2 Å². The predicted octanol–water partition coefficient (Wildman–Crippen LogP) is 4.21. The lowest BCUT2D eigenvalue weighted by atomic mass is 9.58. The number of fused-ring (bicyclic) bond motifs is 3. The highest BCUT2D eigenvalue weighted by Gasteiger charge is 2.53. The van der Waals surface area contributed by atoms with Gasteiger partial charge in [0.05, 0.1) is 0 Å². The number of rotatable bonds is 4. The van der Waals surface area contributed by atoms with Crippen molar-refractivity contribution in [1.82, 2.24) is 0 Å². The molecule has 0 aromatic rings.